The van der Waals surface area contributed by atoms with Crippen molar-refractivity contribution in [2.45, 2.75) is 32.9 Å². The molecule has 0 spiro atoms. The molecule has 0 atom stereocenters. The Bertz CT molecular complexity index is 912. The number of rotatable bonds is 8. The van der Waals surface area contributed by atoms with E-state index in [1.807, 2.05) is 92.8 Å². The number of amides is 1. The van der Waals surface area contributed by atoms with E-state index in [0.717, 1.165) is 24.2 Å². The summed E-state index contributed by atoms with van der Waals surface area (Å²) in [6.45, 7) is 5.48. The maximum absolute atomic E-state index is 13.2. The largest absolute Gasteiger partial charge is 0.374 e. The van der Waals surface area contributed by atoms with E-state index in [4.69, 9.17) is 0 Å². The van der Waals surface area contributed by atoms with E-state index >= 15 is 0 Å². The Morgan fingerprint density at radius 1 is 0.966 bits per heavy atom. The van der Waals surface area contributed by atoms with Crippen molar-refractivity contribution in [3.63, 3.8) is 0 Å². The number of nitrogens with zero attached hydrogens (tertiary/aromatic N) is 4. The van der Waals surface area contributed by atoms with Crippen LogP contribution in [-0.4, -0.2) is 40.4 Å². The first kappa shape index (κ1) is 20.5. The van der Waals surface area contributed by atoms with Crippen molar-refractivity contribution in [3.05, 3.63) is 90.0 Å². The average molecular weight is 389 g/mol. The van der Waals surface area contributed by atoms with Crippen molar-refractivity contribution < 1.29 is 4.79 Å². The van der Waals surface area contributed by atoms with Gasteiger partial charge < -0.3 is 9.80 Å². The molecular weight excluding hydrogens is 360 g/mol. The van der Waals surface area contributed by atoms with Crippen molar-refractivity contribution in [1.82, 2.24) is 14.9 Å². The molecule has 0 aliphatic carbocycles. The van der Waals surface area contributed by atoms with Crippen molar-refractivity contribution in [1.29, 1.82) is 0 Å². The first-order chi connectivity index (χ1) is 14.0. The summed E-state index contributed by atoms with van der Waals surface area (Å²) in [6, 6.07) is 18.0. The van der Waals surface area contributed by atoms with Gasteiger partial charge in [0, 0.05) is 50.5 Å². The molecule has 0 radical (unpaired) electrons. The maximum atomic E-state index is 13.2. The van der Waals surface area contributed by atoms with Gasteiger partial charge in [-0.05, 0) is 55.7 Å². The molecule has 2 heterocycles. The van der Waals surface area contributed by atoms with Gasteiger partial charge in [-0.15, -0.1) is 0 Å². The van der Waals surface area contributed by atoms with Gasteiger partial charge in [0.15, 0.2) is 0 Å². The molecule has 0 saturated heterocycles. The SMILES string of the molecule is CC(C)N(Cc1ccccc1)C(=O)c1cc(N(C)CCc2ccncc2)ccn1. The third-order valence-corrected chi connectivity index (χ3v) is 4.97. The Morgan fingerprint density at radius 3 is 2.38 bits per heavy atom. The van der Waals surface area contributed by atoms with Crippen LogP contribution in [0, 0.1) is 0 Å². The van der Waals surface area contributed by atoms with E-state index in [1.165, 1.54) is 5.56 Å². The van der Waals surface area contributed by atoms with Crippen LogP contribution in [0.1, 0.15) is 35.5 Å². The van der Waals surface area contributed by atoms with E-state index < -0.39 is 0 Å². The quantitative estimate of drug-likeness (QED) is 0.580. The Labute approximate surface area is 173 Å². The lowest BCUT2D eigenvalue weighted by Gasteiger charge is -2.27. The monoisotopic (exact) mass is 388 g/mol. The Kier molecular flexibility index (Phi) is 6.95. The average Bonchev–Trinajstić information content (AvgIpc) is 2.76. The molecule has 0 saturated carbocycles. The van der Waals surface area contributed by atoms with Crippen LogP contribution in [0.4, 0.5) is 5.69 Å². The maximum Gasteiger partial charge on any atom is 0.273 e. The molecule has 0 aliphatic heterocycles. The zero-order valence-electron chi connectivity index (χ0n) is 17.3. The standard InChI is InChI=1S/C24H28N4O/c1-19(2)28(18-21-7-5-4-6-8-21)24(29)23-17-22(11-15-26-23)27(3)16-12-20-9-13-25-14-10-20/h4-11,13-15,17,19H,12,16,18H2,1-3H3. The molecule has 0 unspecified atom stereocenters. The first-order valence-electron chi connectivity index (χ1n) is 9.95. The molecule has 150 valence electrons. The fourth-order valence-corrected chi connectivity index (χ4v) is 3.17. The summed E-state index contributed by atoms with van der Waals surface area (Å²) in [5.74, 6) is -0.0479. The van der Waals surface area contributed by atoms with Gasteiger partial charge in [0.25, 0.3) is 5.91 Å². The zero-order chi connectivity index (χ0) is 20.6. The molecular formula is C24H28N4O. The highest BCUT2D eigenvalue weighted by Gasteiger charge is 2.21. The molecule has 0 fully saturated rings. The molecule has 2 aromatic heterocycles. The third-order valence-electron chi connectivity index (χ3n) is 4.97. The van der Waals surface area contributed by atoms with Gasteiger partial charge in [-0.3, -0.25) is 14.8 Å². The number of hydrogen-bond acceptors (Lipinski definition) is 4. The molecule has 29 heavy (non-hydrogen) atoms. The summed E-state index contributed by atoms with van der Waals surface area (Å²) in [5, 5.41) is 0. The van der Waals surface area contributed by atoms with Crippen LogP contribution in [0.5, 0.6) is 0 Å². The summed E-state index contributed by atoms with van der Waals surface area (Å²) in [6.07, 6.45) is 6.25. The predicted molar refractivity (Wildman–Crippen MR) is 117 cm³/mol. The predicted octanol–water partition coefficient (Wildman–Crippen LogP) is 4.21. The fraction of sp³-hybridized carbons (Fsp3) is 0.292. The molecule has 3 rings (SSSR count). The summed E-state index contributed by atoms with van der Waals surface area (Å²) >= 11 is 0. The van der Waals surface area contributed by atoms with E-state index in [2.05, 4.69) is 14.9 Å². The van der Waals surface area contributed by atoms with Crippen LogP contribution >= 0.6 is 0 Å². The van der Waals surface area contributed by atoms with Gasteiger partial charge >= 0.3 is 0 Å². The second kappa shape index (κ2) is 9.82. The summed E-state index contributed by atoms with van der Waals surface area (Å²) < 4.78 is 0. The molecule has 5 heteroatoms. The third kappa shape index (κ3) is 5.64. The Balaban J connectivity index is 1.71. The lowest BCUT2D eigenvalue weighted by Crippen LogP contribution is -2.37. The molecule has 1 aromatic carbocycles. The second-order valence-electron chi connectivity index (χ2n) is 7.44. The summed E-state index contributed by atoms with van der Waals surface area (Å²) in [4.78, 5) is 25.6. The van der Waals surface area contributed by atoms with E-state index in [0.29, 0.717) is 12.2 Å². The first-order valence-corrected chi connectivity index (χ1v) is 9.95. The number of anilines is 1. The number of likely N-dealkylation sites (N-methyl/N-ethyl adjacent to an activating group) is 1. The van der Waals surface area contributed by atoms with Crippen molar-refractivity contribution in [2.24, 2.45) is 0 Å². The minimum atomic E-state index is -0.0479. The number of carbonyl (C=O) groups excluding carboxylic acids is 1. The minimum absolute atomic E-state index is 0.0479. The zero-order valence-corrected chi connectivity index (χ0v) is 17.3. The molecule has 3 aromatic rings. The summed E-state index contributed by atoms with van der Waals surface area (Å²) in [5.41, 5.74) is 3.81. The number of carbonyl (C=O) groups is 1. The van der Waals surface area contributed by atoms with Gasteiger partial charge in [0.05, 0.1) is 0 Å². The van der Waals surface area contributed by atoms with Gasteiger partial charge in [0.2, 0.25) is 0 Å². The van der Waals surface area contributed by atoms with Crippen LogP contribution in [-0.2, 0) is 13.0 Å². The normalized spacial score (nSPS) is 10.8. The highest BCUT2D eigenvalue weighted by Crippen LogP contribution is 2.17. The van der Waals surface area contributed by atoms with Crippen LogP contribution in [0.25, 0.3) is 0 Å². The minimum Gasteiger partial charge on any atom is -0.374 e. The van der Waals surface area contributed by atoms with E-state index in [9.17, 15) is 4.79 Å². The van der Waals surface area contributed by atoms with Crippen molar-refractivity contribution >= 4 is 11.6 Å². The number of pyridine rings is 2. The topological polar surface area (TPSA) is 49.3 Å². The molecule has 0 N–H and O–H groups in total. The summed E-state index contributed by atoms with van der Waals surface area (Å²) in [7, 11) is 2.04. The van der Waals surface area contributed by atoms with E-state index in [1.54, 1.807) is 6.20 Å². The van der Waals surface area contributed by atoms with Crippen molar-refractivity contribution in [2.75, 3.05) is 18.5 Å². The van der Waals surface area contributed by atoms with Gasteiger partial charge in [0.1, 0.15) is 5.69 Å². The second-order valence-corrected chi connectivity index (χ2v) is 7.44. The van der Waals surface area contributed by atoms with Crippen LogP contribution < -0.4 is 4.90 Å². The lowest BCUT2D eigenvalue weighted by molar-refractivity contribution is 0.0684. The van der Waals surface area contributed by atoms with Gasteiger partial charge in [-0.1, -0.05) is 30.3 Å². The Morgan fingerprint density at radius 2 is 1.69 bits per heavy atom. The van der Waals surface area contributed by atoms with Crippen LogP contribution in [0.3, 0.4) is 0 Å². The lowest BCUT2D eigenvalue weighted by atomic mass is 10.1. The van der Waals surface area contributed by atoms with Gasteiger partial charge in [-0.25, -0.2) is 0 Å². The molecule has 5 nitrogen and oxygen atoms in total. The highest BCUT2D eigenvalue weighted by molar-refractivity contribution is 5.93. The van der Waals surface area contributed by atoms with E-state index in [-0.39, 0.29) is 11.9 Å². The van der Waals surface area contributed by atoms with Crippen molar-refractivity contribution in [3.8, 4) is 0 Å². The highest BCUT2D eigenvalue weighted by atomic mass is 16.2. The molecule has 0 aliphatic rings. The molecule has 1 amide bonds. The molecule has 0 bridgehead atoms. The smallest absolute Gasteiger partial charge is 0.273 e. The number of benzene rings is 1. The Hall–Kier alpha value is -3.21. The number of hydrogen-bond donors (Lipinski definition) is 0. The fourth-order valence-electron chi connectivity index (χ4n) is 3.17. The van der Waals surface area contributed by atoms with Crippen LogP contribution in [0.15, 0.2) is 73.2 Å². The van der Waals surface area contributed by atoms with Crippen LogP contribution in [0.2, 0.25) is 0 Å². The number of aromatic nitrogens is 2. The van der Waals surface area contributed by atoms with Gasteiger partial charge in [-0.2, -0.15) is 0 Å².